The van der Waals surface area contributed by atoms with Crippen LogP contribution in [0.1, 0.15) is 24.1 Å². The van der Waals surface area contributed by atoms with Gasteiger partial charge in [-0.25, -0.2) is 0 Å². The van der Waals surface area contributed by atoms with Crippen LogP contribution in [0.3, 0.4) is 0 Å². The third-order valence-electron chi connectivity index (χ3n) is 2.08. The van der Waals surface area contributed by atoms with E-state index in [0.717, 1.165) is 11.6 Å². The molecule has 0 aromatic carbocycles. The van der Waals surface area contributed by atoms with E-state index in [-0.39, 0.29) is 0 Å². The van der Waals surface area contributed by atoms with Gasteiger partial charge < -0.3 is 0 Å². The fourth-order valence-corrected chi connectivity index (χ4v) is 1.09. The summed E-state index contributed by atoms with van der Waals surface area (Å²) in [5.74, 6) is 0.775. The molecule has 1 fully saturated rings. The van der Waals surface area contributed by atoms with Crippen LogP contribution in [0.4, 0.5) is 0 Å². The molecular weight excluding hydrogens is 160 g/mol. The third-order valence-corrected chi connectivity index (χ3v) is 2.08. The van der Waals surface area contributed by atoms with E-state index in [1.807, 2.05) is 18.2 Å². The molecule has 0 spiro atoms. The molecule has 1 aromatic rings. The van der Waals surface area contributed by atoms with Gasteiger partial charge in [0.15, 0.2) is 0 Å². The standard InChI is InChI=1S/C11H10N2/c12-7-10-4-6-11(13-8-10)5-3-9-1-2-9/h3-6,8-9H,1-2H2/b5-3+. The minimum absolute atomic E-state index is 0.614. The molecule has 0 bridgehead atoms. The molecule has 0 radical (unpaired) electrons. The first kappa shape index (κ1) is 8.00. The molecule has 64 valence electrons. The summed E-state index contributed by atoms with van der Waals surface area (Å²) < 4.78 is 0. The van der Waals surface area contributed by atoms with Crippen molar-refractivity contribution in [2.45, 2.75) is 12.8 Å². The second kappa shape index (κ2) is 3.40. The minimum atomic E-state index is 0.614. The summed E-state index contributed by atoms with van der Waals surface area (Å²) in [4.78, 5) is 4.14. The number of allylic oxidation sites excluding steroid dienone is 1. The fraction of sp³-hybridized carbons (Fsp3) is 0.273. The Balaban J connectivity index is 2.09. The van der Waals surface area contributed by atoms with Crippen molar-refractivity contribution in [3.8, 4) is 6.07 Å². The highest BCUT2D eigenvalue weighted by Crippen LogP contribution is 2.30. The Hall–Kier alpha value is -1.62. The Kier molecular flexibility index (Phi) is 2.09. The van der Waals surface area contributed by atoms with Gasteiger partial charge in [-0.3, -0.25) is 4.98 Å². The maximum absolute atomic E-state index is 8.55. The summed E-state index contributed by atoms with van der Waals surface area (Å²) >= 11 is 0. The molecule has 1 aliphatic rings. The number of hydrogen-bond acceptors (Lipinski definition) is 2. The third kappa shape index (κ3) is 2.16. The number of nitrogens with zero attached hydrogens (tertiary/aromatic N) is 2. The monoisotopic (exact) mass is 170 g/mol. The quantitative estimate of drug-likeness (QED) is 0.683. The van der Waals surface area contributed by atoms with Crippen molar-refractivity contribution in [3.05, 3.63) is 35.7 Å². The predicted octanol–water partition coefficient (Wildman–Crippen LogP) is 2.38. The van der Waals surface area contributed by atoms with E-state index in [1.165, 1.54) is 12.8 Å². The molecule has 2 nitrogen and oxygen atoms in total. The SMILES string of the molecule is N#Cc1ccc(/C=C/C2CC2)nc1. The van der Waals surface area contributed by atoms with Crippen molar-refractivity contribution in [2.24, 2.45) is 5.92 Å². The van der Waals surface area contributed by atoms with Gasteiger partial charge in [-0.1, -0.05) is 6.08 Å². The molecule has 0 amide bonds. The van der Waals surface area contributed by atoms with Gasteiger partial charge in [-0.2, -0.15) is 5.26 Å². The van der Waals surface area contributed by atoms with Crippen molar-refractivity contribution in [1.29, 1.82) is 5.26 Å². The first-order valence-electron chi connectivity index (χ1n) is 4.43. The molecular formula is C11H10N2. The molecule has 0 atom stereocenters. The number of pyridine rings is 1. The molecule has 1 saturated carbocycles. The van der Waals surface area contributed by atoms with Crippen LogP contribution >= 0.6 is 0 Å². The van der Waals surface area contributed by atoms with Crippen molar-refractivity contribution in [1.82, 2.24) is 4.98 Å². The smallest absolute Gasteiger partial charge is 0.101 e. The van der Waals surface area contributed by atoms with Crippen molar-refractivity contribution < 1.29 is 0 Å². The van der Waals surface area contributed by atoms with Crippen LogP contribution in [0, 0.1) is 17.2 Å². The second-order valence-electron chi connectivity index (χ2n) is 3.28. The number of hydrogen-bond donors (Lipinski definition) is 0. The van der Waals surface area contributed by atoms with Gasteiger partial charge in [0, 0.05) is 6.20 Å². The average Bonchev–Trinajstić information content (AvgIpc) is 2.99. The van der Waals surface area contributed by atoms with Crippen LogP contribution in [0.15, 0.2) is 24.4 Å². The van der Waals surface area contributed by atoms with Crippen LogP contribution in [-0.2, 0) is 0 Å². The summed E-state index contributed by atoms with van der Waals surface area (Å²) in [7, 11) is 0. The lowest BCUT2D eigenvalue weighted by Gasteiger charge is -1.91. The van der Waals surface area contributed by atoms with Gasteiger partial charge in [0.2, 0.25) is 0 Å². The molecule has 1 aliphatic carbocycles. The van der Waals surface area contributed by atoms with E-state index in [0.29, 0.717) is 5.56 Å². The van der Waals surface area contributed by atoms with Crippen LogP contribution in [-0.4, -0.2) is 4.98 Å². The Morgan fingerprint density at radius 1 is 1.46 bits per heavy atom. The highest BCUT2D eigenvalue weighted by Gasteiger charge is 2.16. The van der Waals surface area contributed by atoms with Crippen LogP contribution < -0.4 is 0 Å². The van der Waals surface area contributed by atoms with E-state index in [2.05, 4.69) is 11.1 Å². The highest BCUT2D eigenvalue weighted by atomic mass is 14.7. The van der Waals surface area contributed by atoms with Gasteiger partial charge in [0.05, 0.1) is 11.3 Å². The Bertz CT molecular complexity index is 353. The molecule has 0 saturated heterocycles. The fourth-order valence-electron chi connectivity index (χ4n) is 1.09. The summed E-state index contributed by atoms with van der Waals surface area (Å²) in [6.07, 6.45) is 8.44. The maximum Gasteiger partial charge on any atom is 0.101 e. The zero-order chi connectivity index (χ0) is 9.10. The van der Waals surface area contributed by atoms with Crippen LogP contribution in [0.2, 0.25) is 0 Å². The van der Waals surface area contributed by atoms with E-state index in [4.69, 9.17) is 5.26 Å². The zero-order valence-corrected chi connectivity index (χ0v) is 7.27. The van der Waals surface area contributed by atoms with E-state index >= 15 is 0 Å². The average molecular weight is 170 g/mol. The lowest BCUT2D eigenvalue weighted by molar-refractivity contribution is 1.13. The molecule has 0 aliphatic heterocycles. The number of nitriles is 1. The summed E-state index contributed by atoms with van der Waals surface area (Å²) in [6.45, 7) is 0. The second-order valence-corrected chi connectivity index (χ2v) is 3.28. The normalized spacial score (nSPS) is 15.9. The predicted molar refractivity (Wildman–Crippen MR) is 50.7 cm³/mol. The first-order chi connectivity index (χ1) is 6.38. The van der Waals surface area contributed by atoms with Crippen LogP contribution in [0.25, 0.3) is 6.08 Å². The molecule has 0 unspecified atom stereocenters. The molecule has 2 rings (SSSR count). The van der Waals surface area contributed by atoms with Gasteiger partial charge in [0.1, 0.15) is 6.07 Å². The molecule has 2 heteroatoms. The highest BCUT2D eigenvalue weighted by molar-refractivity contribution is 5.46. The lowest BCUT2D eigenvalue weighted by atomic mass is 10.2. The minimum Gasteiger partial charge on any atom is -0.256 e. The largest absolute Gasteiger partial charge is 0.256 e. The van der Waals surface area contributed by atoms with Crippen molar-refractivity contribution >= 4 is 6.08 Å². The van der Waals surface area contributed by atoms with Crippen molar-refractivity contribution in [2.75, 3.05) is 0 Å². The van der Waals surface area contributed by atoms with Gasteiger partial charge in [-0.15, -0.1) is 0 Å². The van der Waals surface area contributed by atoms with Gasteiger partial charge in [-0.05, 0) is 37.0 Å². The van der Waals surface area contributed by atoms with Gasteiger partial charge >= 0.3 is 0 Å². The first-order valence-corrected chi connectivity index (χ1v) is 4.43. The van der Waals surface area contributed by atoms with E-state index in [9.17, 15) is 0 Å². The Morgan fingerprint density at radius 2 is 2.31 bits per heavy atom. The number of aromatic nitrogens is 1. The van der Waals surface area contributed by atoms with Crippen LogP contribution in [0.5, 0.6) is 0 Å². The zero-order valence-electron chi connectivity index (χ0n) is 7.27. The molecule has 1 aromatic heterocycles. The van der Waals surface area contributed by atoms with Crippen molar-refractivity contribution in [3.63, 3.8) is 0 Å². The Morgan fingerprint density at radius 3 is 2.85 bits per heavy atom. The number of rotatable bonds is 2. The summed E-state index contributed by atoms with van der Waals surface area (Å²) in [5, 5.41) is 8.55. The maximum atomic E-state index is 8.55. The molecule has 1 heterocycles. The topological polar surface area (TPSA) is 36.7 Å². The van der Waals surface area contributed by atoms with E-state index in [1.54, 1.807) is 12.3 Å². The Labute approximate surface area is 77.5 Å². The lowest BCUT2D eigenvalue weighted by Crippen LogP contribution is -1.81. The molecule has 0 N–H and O–H groups in total. The van der Waals surface area contributed by atoms with Gasteiger partial charge in [0.25, 0.3) is 0 Å². The molecule has 13 heavy (non-hydrogen) atoms. The summed E-state index contributed by atoms with van der Waals surface area (Å²) in [6, 6.07) is 5.71. The summed E-state index contributed by atoms with van der Waals surface area (Å²) in [5.41, 5.74) is 1.55. The van der Waals surface area contributed by atoms with E-state index < -0.39 is 0 Å².